The quantitative estimate of drug-likeness (QED) is 0.756. The highest BCUT2D eigenvalue weighted by Crippen LogP contribution is 2.37. The Balaban J connectivity index is 1.47. The van der Waals surface area contributed by atoms with E-state index in [9.17, 15) is 4.79 Å². The molecule has 0 unspecified atom stereocenters. The Morgan fingerprint density at radius 1 is 1.31 bits per heavy atom. The Kier molecular flexibility index (Phi) is 3.79. The van der Waals surface area contributed by atoms with Crippen LogP contribution in [-0.4, -0.2) is 51.0 Å². The van der Waals surface area contributed by atoms with Crippen LogP contribution < -0.4 is 0 Å². The largest absolute Gasteiger partial charge is 0.328 e. The minimum atomic E-state index is 0.0413. The molecule has 0 bridgehead atoms. The van der Waals surface area contributed by atoms with Gasteiger partial charge in [0.05, 0.1) is 16.3 Å². The van der Waals surface area contributed by atoms with Gasteiger partial charge in [0.25, 0.3) is 5.91 Å². The fraction of sp³-hybridized carbons (Fsp3) is 0.421. The number of aromatic nitrogens is 3. The number of aromatic amines is 1. The number of rotatable bonds is 2. The molecule has 1 amide bonds. The van der Waals surface area contributed by atoms with Gasteiger partial charge in [0.2, 0.25) is 0 Å². The van der Waals surface area contributed by atoms with Crippen molar-refractivity contribution in [3.8, 4) is 0 Å². The maximum atomic E-state index is 13.3. The van der Waals surface area contributed by atoms with E-state index in [1.165, 1.54) is 4.70 Å². The molecule has 3 aromatic rings. The number of nitrogens with one attached hydrogen (secondary N) is 1. The number of nitrogens with zero attached hydrogens (tertiary/aromatic N) is 4. The standard InChI is InChI=1S/C19H21N5OS/c1-23-10-8-13-12(11-23)17(22-21-13)19(25)24-9-4-6-15(24)18-20-14-5-2-3-7-16(14)26-18/h2-3,5,7,15H,4,6,8-11H2,1H3,(H,21,22)/t15-/m0/s1. The first-order chi connectivity index (χ1) is 12.7. The van der Waals surface area contributed by atoms with Crippen LogP contribution in [0.5, 0.6) is 0 Å². The molecule has 2 aliphatic heterocycles. The Labute approximate surface area is 155 Å². The summed E-state index contributed by atoms with van der Waals surface area (Å²) in [7, 11) is 2.09. The molecule has 0 aliphatic carbocycles. The molecule has 1 fully saturated rings. The molecule has 1 aromatic carbocycles. The lowest BCUT2D eigenvalue weighted by Crippen LogP contribution is -2.33. The van der Waals surface area contributed by atoms with Crippen LogP contribution in [0.2, 0.25) is 0 Å². The van der Waals surface area contributed by atoms with Crippen LogP contribution in [0.1, 0.15) is 45.6 Å². The smallest absolute Gasteiger partial charge is 0.275 e. The van der Waals surface area contributed by atoms with E-state index >= 15 is 0 Å². The van der Waals surface area contributed by atoms with Crippen LogP contribution in [0, 0.1) is 0 Å². The highest BCUT2D eigenvalue weighted by molar-refractivity contribution is 7.18. The topological polar surface area (TPSA) is 65.1 Å². The summed E-state index contributed by atoms with van der Waals surface area (Å²) in [6.07, 6.45) is 2.91. The van der Waals surface area contributed by atoms with Crippen molar-refractivity contribution < 1.29 is 4.79 Å². The zero-order valence-electron chi connectivity index (χ0n) is 14.7. The van der Waals surface area contributed by atoms with Crippen LogP contribution in [0.25, 0.3) is 10.2 Å². The summed E-state index contributed by atoms with van der Waals surface area (Å²) in [5.74, 6) is 0.0413. The molecule has 0 radical (unpaired) electrons. The molecule has 4 heterocycles. The summed E-state index contributed by atoms with van der Waals surface area (Å²) in [6.45, 7) is 2.56. The number of hydrogen-bond acceptors (Lipinski definition) is 5. The highest BCUT2D eigenvalue weighted by atomic mass is 32.1. The fourth-order valence-corrected chi connectivity index (χ4v) is 5.16. The van der Waals surface area contributed by atoms with Gasteiger partial charge in [-0.25, -0.2) is 4.98 Å². The van der Waals surface area contributed by atoms with Gasteiger partial charge in [0, 0.05) is 37.3 Å². The molecule has 6 nitrogen and oxygen atoms in total. The first-order valence-electron chi connectivity index (χ1n) is 9.12. The molecule has 1 atom stereocenters. The molecule has 0 spiro atoms. The molecule has 1 saturated heterocycles. The van der Waals surface area contributed by atoms with E-state index < -0.39 is 0 Å². The maximum absolute atomic E-state index is 13.3. The summed E-state index contributed by atoms with van der Waals surface area (Å²) in [6, 6.07) is 8.24. The predicted molar refractivity (Wildman–Crippen MR) is 101 cm³/mol. The molecule has 134 valence electrons. The summed E-state index contributed by atoms with van der Waals surface area (Å²) in [4.78, 5) is 22.3. The third-order valence-corrected chi connectivity index (χ3v) is 6.57. The van der Waals surface area contributed by atoms with Crippen molar-refractivity contribution in [2.24, 2.45) is 0 Å². The van der Waals surface area contributed by atoms with Gasteiger partial charge < -0.3 is 9.80 Å². The van der Waals surface area contributed by atoms with Gasteiger partial charge >= 0.3 is 0 Å². The lowest BCUT2D eigenvalue weighted by molar-refractivity contribution is 0.0727. The molecule has 26 heavy (non-hydrogen) atoms. The minimum absolute atomic E-state index is 0.0413. The molecule has 2 aliphatic rings. The monoisotopic (exact) mass is 367 g/mol. The molecular weight excluding hydrogens is 346 g/mol. The van der Waals surface area contributed by atoms with Crippen LogP contribution in [0.15, 0.2) is 24.3 Å². The molecule has 0 saturated carbocycles. The minimum Gasteiger partial charge on any atom is -0.328 e. The van der Waals surface area contributed by atoms with Crippen LogP contribution >= 0.6 is 11.3 Å². The van der Waals surface area contributed by atoms with Crippen molar-refractivity contribution in [1.29, 1.82) is 0 Å². The third-order valence-electron chi connectivity index (χ3n) is 5.44. The Bertz CT molecular complexity index is 944. The van der Waals surface area contributed by atoms with Gasteiger partial charge in [-0.3, -0.25) is 9.89 Å². The number of amides is 1. The van der Waals surface area contributed by atoms with Crippen molar-refractivity contribution in [3.05, 3.63) is 46.2 Å². The lowest BCUT2D eigenvalue weighted by atomic mass is 10.1. The Morgan fingerprint density at radius 2 is 2.19 bits per heavy atom. The van der Waals surface area contributed by atoms with E-state index in [1.807, 2.05) is 23.1 Å². The van der Waals surface area contributed by atoms with E-state index in [1.54, 1.807) is 11.3 Å². The van der Waals surface area contributed by atoms with E-state index in [0.717, 1.165) is 60.7 Å². The predicted octanol–water partition coefficient (Wildman–Crippen LogP) is 2.98. The van der Waals surface area contributed by atoms with Gasteiger partial charge in [0.15, 0.2) is 5.69 Å². The summed E-state index contributed by atoms with van der Waals surface area (Å²) < 4.78 is 1.18. The second kappa shape index (κ2) is 6.17. The van der Waals surface area contributed by atoms with E-state index in [-0.39, 0.29) is 11.9 Å². The van der Waals surface area contributed by atoms with Gasteiger partial charge in [-0.2, -0.15) is 5.10 Å². The molecule has 5 rings (SSSR count). The third kappa shape index (κ3) is 2.54. The van der Waals surface area contributed by atoms with E-state index in [4.69, 9.17) is 4.98 Å². The number of hydrogen-bond donors (Lipinski definition) is 1. The zero-order chi connectivity index (χ0) is 17.7. The van der Waals surface area contributed by atoms with E-state index in [0.29, 0.717) is 5.69 Å². The summed E-state index contributed by atoms with van der Waals surface area (Å²) in [5.41, 5.74) is 3.80. The molecular formula is C19H21N5OS. The average molecular weight is 367 g/mol. The lowest BCUT2D eigenvalue weighted by Gasteiger charge is -2.25. The summed E-state index contributed by atoms with van der Waals surface area (Å²) in [5, 5.41) is 8.52. The number of para-hydroxylation sites is 1. The van der Waals surface area contributed by atoms with Crippen LogP contribution in [0.3, 0.4) is 0 Å². The van der Waals surface area contributed by atoms with Crippen molar-refractivity contribution in [2.45, 2.75) is 31.8 Å². The van der Waals surface area contributed by atoms with Gasteiger partial charge in [-0.05, 0) is 32.0 Å². The first-order valence-corrected chi connectivity index (χ1v) is 9.93. The van der Waals surface area contributed by atoms with Crippen molar-refractivity contribution >= 4 is 27.5 Å². The number of H-pyrrole nitrogens is 1. The molecule has 2 aromatic heterocycles. The number of likely N-dealkylation sites (tertiary alicyclic amines) is 1. The van der Waals surface area contributed by atoms with Crippen molar-refractivity contribution in [1.82, 2.24) is 25.0 Å². The second-order valence-electron chi connectivity index (χ2n) is 7.19. The fourth-order valence-electron chi connectivity index (χ4n) is 4.04. The van der Waals surface area contributed by atoms with Gasteiger partial charge in [0.1, 0.15) is 5.01 Å². The van der Waals surface area contributed by atoms with Gasteiger partial charge in [-0.1, -0.05) is 12.1 Å². The van der Waals surface area contributed by atoms with Crippen LogP contribution in [0.4, 0.5) is 0 Å². The molecule has 1 N–H and O–H groups in total. The van der Waals surface area contributed by atoms with Crippen molar-refractivity contribution in [3.63, 3.8) is 0 Å². The number of benzene rings is 1. The van der Waals surface area contributed by atoms with Gasteiger partial charge in [-0.15, -0.1) is 11.3 Å². The number of carbonyl (C=O) groups excluding carboxylic acids is 1. The first kappa shape index (κ1) is 16.0. The number of likely N-dealkylation sites (N-methyl/N-ethyl adjacent to an activating group) is 1. The second-order valence-corrected chi connectivity index (χ2v) is 8.26. The SMILES string of the molecule is CN1CCc2[nH]nc(C(=O)N3CCC[C@H]3c3nc4ccccc4s3)c2C1. The highest BCUT2D eigenvalue weighted by Gasteiger charge is 2.35. The number of carbonyl (C=O) groups is 1. The Morgan fingerprint density at radius 3 is 3.08 bits per heavy atom. The van der Waals surface area contributed by atoms with Crippen LogP contribution in [-0.2, 0) is 13.0 Å². The van der Waals surface area contributed by atoms with Crippen molar-refractivity contribution in [2.75, 3.05) is 20.1 Å². The number of thiazole rings is 1. The average Bonchev–Trinajstić information content (AvgIpc) is 3.37. The maximum Gasteiger partial charge on any atom is 0.275 e. The normalized spacial score (nSPS) is 20.7. The zero-order valence-corrected chi connectivity index (χ0v) is 15.6. The van der Waals surface area contributed by atoms with E-state index in [2.05, 4.69) is 28.2 Å². The molecule has 7 heteroatoms. The number of fused-ring (bicyclic) bond motifs is 2. The summed E-state index contributed by atoms with van der Waals surface area (Å²) >= 11 is 1.70. The Hall–Kier alpha value is -2.25.